The number of benzene rings is 2. The fourth-order valence-electron chi connectivity index (χ4n) is 3.82. The zero-order valence-corrected chi connectivity index (χ0v) is 20.6. The van der Waals surface area contributed by atoms with Gasteiger partial charge in [0.05, 0.1) is 21.6 Å². The highest BCUT2D eigenvalue weighted by Gasteiger charge is 2.40. The van der Waals surface area contributed by atoms with Crippen LogP contribution in [0.15, 0.2) is 59.8 Å². The first-order chi connectivity index (χ1) is 15.5. The van der Waals surface area contributed by atoms with Crippen molar-refractivity contribution in [1.82, 2.24) is 9.78 Å². The SMILES string of the molecule is Cc1nn(C)c(Oc2ccccc2)c1/C=N/OCc1ccc(C2(C(C)C)SCCS2)cc1. The van der Waals surface area contributed by atoms with Crippen LogP contribution in [-0.2, 0) is 22.6 Å². The van der Waals surface area contributed by atoms with Crippen LogP contribution in [0.3, 0.4) is 0 Å². The second-order valence-electron chi connectivity index (χ2n) is 8.07. The molecule has 0 radical (unpaired) electrons. The van der Waals surface area contributed by atoms with E-state index in [0.717, 1.165) is 22.6 Å². The summed E-state index contributed by atoms with van der Waals surface area (Å²) in [6.07, 6.45) is 1.68. The van der Waals surface area contributed by atoms with E-state index < -0.39 is 0 Å². The minimum absolute atomic E-state index is 0.171. The molecule has 2 aromatic carbocycles. The van der Waals surface area contributed by atoms with Crippen LogP contribution < -0.4 is 4.74 Å². The van der Waals surface area contributed by atoms with Crippen molar-refractivity contribution in [2.24, 2.45) is 18.1 Å². The number of hydrogen-bond donors (Lipinski definition) is 0. The minimum atomic E-state index is 0.171. The number of rotatable bonds is 8. The molecule has 1 fully saturated rings. The van der Waals surface area contributed by atoms with E-state index >= 15 is 0 Å². The number of hydrogen-bond acceptors (Lipinski definition) is 6. The smallest absolute Gasteiger partial charge is 0.226 e. The maximum Gasteiger partial charge on any atom is 0.226 e. The third-order valence-electron chi connectivity index (χ3n) is 5.49. The number of nitrogens with zero attached hydrogens (tertiary/aromatic N) is 3. The summed E-state index contributed by atoms with van der Waals surface area (Å²) in [5.41, 5.74) is 4.13. The summed E-state index contributed by atoms with van der Waals surface area (Å²) in [5.74, 6) is 4.40. The molecule has 32 heavy (non-hydrogen) atoms. The first kappa shape index (κ1) is 22.8. The summed E-state index contributed by atoms with van der Waals surface area (Å²) >= 11 is 4.14. The van der Waals surface area contributed by atoms with Crippen LogP contribution in [0.5, 0.6) is 11.6 Å². The van der Waals surface area contributed by atoms with E-state index in [4.69, 9.17) is 9.57 Å². The Morgan fingerprint density at radius 2 is 1.78 bits per heavy atom. The molecule has 0 unspecified atom stereocenters. The van der Waals surface area contributed by atoms with Crippen LogP contribution in [0.1, 0.15) is 36.2 Å². The van der Waals surface area contributed by atoms with Crippen molar-refractivity contribution in [1.29, 1.82) is 0 Å². The molecule has 4 rings (SSSR count). The molecule has 0 saturated carbocycles. The van der Waals surface area contributed by atoms with E-state index in [1.54, 1.807) is 10.9 Å². The molecule has 0 N–H and O–H groups in total. The Kier molecular flexibility index (Phi) is 7.16. The van der Waals surface area contributed by atoms with Gasteiger partial charge in [-0.1, -0.05) is 61.5 Å². The summed E-state index contributed by atoms with van der Waals surface area (Å²) in [6.45, 7) is 6.97. The molecule has 0 spiro atoms. The fraction of sp³-hybridized carbons (Fsp3) is 0.360. The van der Waals surface area contributed by atoms with Gasteiger partial charge in [0.25, 0.3) is 0 Å². The number of ether oxygens (including phenoxy) is 1. The Bertz CT molecular complexity index is 1060. The third-order valence-corrected chi connectivity index (χ3v) is 9.55. The average molecular weight is 468 g/mol. The van der Waals surface area contributed by atoms with Crippen LogP contribution in [0, 0.1) is 12.8 Å². The second-order valence-corrected chi connectivity index (χ2v) is 11.0. The summed E-state index contributed by atoms with van der Waals surface area (Å²) in [4.78, 5) is 5.60. The number of para-hydroxylation sites is 1. The molecule has 5 nitrogen and oxygen atoms in total. The molecule has 2 heterocycles. The molecule has 7 heteroatoms. The number of oxime groups is 1. The Morgan fingerprint density at radius 3 is 2.44 bits per heavy atom. The Hall–Kier alpha value is -2.38. The van der Waals surface area contributed by atoms with Crippen LogP contribution in [0.25, 0.3) is 0 Å². The molecule has 0 atom stereocenters. The van der Waals surface area contributed by atoms with Crippen molar-refractivity contribution in [3.05, 3.63) is 77.0 Å². The first-order valence-corrected chi connectivity index (χ1v) is 12.8. The summed E-state index contributed by atoms with van der Waals surface area (Å²) in [6, 6.07) is 18.4. The molecular formula is C25H29N3O2S2. The minimum Gasteiger partial charge on any atom is -0.439 e. The van der Waals surface area contributed by atoms with Gasteiger partial charge in [0, 0.05) is 18.6 Å². The molecule has 1 saturated heterocycles. The number of aromatic nitrogens is 2. The van der Waals surface area contributed by atoms with Crippen LogP contribution in [0.2, 0.25) is 0 Å². The lowest BCUT2D eigenvalue weighted by molar-refractivity contribution is 0.132. The lowest BCUT2D eigenvalue weighted by atomic mass is 10.00. The molecule has 1 aliphatic rings. The molecule has 0 aliphatic carbocycles. The Balaban J connectivity index is 1.40. The Labute approximate surface area is 198 Å². The van der Waals surface area contributed by atoms with Crippen LogP contribution in [-0.4, -0.2) is 27.5 Å². The summed E-state index contributed by atoms with van der Waals surface area (Å²) in [7, 11) is 1.86. The van der Waals surface area contributed by atoms with Gasteiger partial charge in [-0.15, -0.1) is 23.5 Å². The topological polar surface area (TPSA) is 48.6 Å². The van der Waals surface area contributed by atoms with Gasteiger partial charge in [0.2, 0.25) is 5.88 Å². The monoisotopic (exact) mass is 467 g/mol. The molecule has 168 valence electrons. The lowest BCUT2D eigenvalue weighted by Crippen LogP contribution is -2.21. The van der Waals surface area contributed by atoms with Crippen molar-refractivity contribution in [2.45, 2.75) is 31.5 Å². The number of aryl methyl sites for hydroxylation is 2. The highest BCUT2D eigenvalue weighted by atomic mass is 32.2. The Morgan fingerprint density at radius 1 is 1.09 bits per heavy atom. The first-order valence-electron chi connectivity index (χ1n) is 10.8. The van der Waals surface area contributed by atoms with Crippen molar-refractivity contribution >= 4 is 29.7 Å². The molecule has 1 aromatic heterocycles. The molecule has 0 bridgehead atoms. The predicted octanol–water partition coefficient (Wildman–Crippen LogP) is 6.36. The maximum atomic E-state index is 6.02. The molecular weight excluding hydrogens is 438 g/mol. The summed E-state index contributed by atoms with van der Waals surface area (Å²) in [5, 5.41) is 8.64. The molecule has 0 amide bonds. The van der Waals surface area contributed by atoms with Gasteiger partial charge < -0.3 is 9.57 Å². The van der Waals surface area contributed by atoms with Crippen molar-refractivity contribution in [3.8, 4) is 11.6 Å². The normalized spacial score (nSPS) is 15.5. The average Bonchev–Trinajstić information content (AvgIpc) is 3.39. The second kappa shape index (κ2) is 10.0. The van der Waals surface area contributed by atoms with Crippen molar-refractivity contribution in [3.63, 3.8) is 0 Å². The van der Waals surface area contributed by atoms with Gasteiger partial charge in [-0.3, -0.25) is 0 Å². The van der Waals surface area contributed by atoms with Gasteiger partial charge in [-0.2, -0.15) is 5.10 Å². The van der Waals surface area contributed by atoms with E-state index in [9.17, 15) is 0 Å². The van der Waals surface area contributed by atoms with E-state index in [-0.39, 0.29) is 4.08 Å². The van der Waals surface area contributed by atoms with Gasteiger partial charge in [0.1, 0.15) is 12.4 Å². The number of thioether (sulfide) groups is 2. The quantitative estimate of drug-likeness (QED) is 0.285. The maximum absolute atomic E-state index is 6.02. The van der Waals surface area contributed by atoms with E-state index in [0.29, 0.717) is 18.4 Å². The molecule has 1 aliphatic heterocycles. The van der Waals surface area contributed by atoms with Gasteiger partial charge in [-0.25, -0.2) is 4.68 Å². The largest absolute Gasteiger partial charge is 0.439 e. The van der Waals surface area contributed by atoms with E-state index in [1.165, 1.54) is 17.1 Å². The zero-order valence-electron chi connectivity index (χ0n) is 18.9. The van der Waals surface area contributed by atoms with Crippen LogP contribution in [0.4, 0.5) is 0 Å². The zero-order chi connectivity index (χ0) is 22.6. The third kappa shape index (κ3) is 4.84. The van der Waals surface area contributed by atoms with Crippen LogP contribution >= 0.6 is 23.5 Å². The van der Waals surface area contributed by atoms with Gasteiger partial charge in [-0.05, 0) is 36.1 Å². The van der Waals surface area contributed by atoms with E-state index in [2.05, 4.69) is 71.9 Å². The fourth-order valence-corrected chi connectivity index (χ4v) is 7.20. The lowest BCUT2D eigenvalue weighted by Gasteiger charge is -2.32. The summed E-state index contributed by atoms with van der Waals surface area (Å²) < 4.78 is 7.90. The predicted molar refractivity (Wildman–Crippen MR) is 135 cm³/mol. The van der Waals surface area contributed by atoms with E-state index in [1.807, 2.05) is 44.3 Å². The van der Waals surface area contributed by atoms with Crippen molar-refractivity contribution in [2.75, 3.05) is 11.5 Å². The van der Waals surface area contributed by atoms with Gasteiger partial charge >= 0.3 is 0 Å². The van der Waals surface area contributed by atoms with Gasteiger partial charge in [0.15, 0.2) is 0 Å². The standard InChI is InChI=1S/C25H29N3O2S2/c1-18(2)25(31-14-15-32-25)21-12-10-20(11-13-21)17-29-26-16-23-19(3)27-28(4)24(23)30-22-8-6-5-7-9-22/h5-13,16,18H,14-15,17H2,1-4H3/b26-16+. The molecule has 3 aromatic rings. The van der Waals surface area contributed by atoms with Crippen molar-refractivity contribution < 1.29 is 9.57 Å². The highest BCUT2D eigenvalue weighted by Crippen LogP contribution is 2.56. The highest BCUT2D eigenvalue weighted by molar-refractivity contribution is 8.20.